The molecule has 1 aliphatic heterocycles. The first-order valence-electron chi connectivity index (χ1n) is 7.52. The molecule has 1 aliphatic rings. The van der Waals surface area contributed by atoms with Gasteiger partial charge in [-0.2, -0.15) is 5.26 Å². The van der Waals surface area contributed by atoms with Gasteiger partial charge in [0.25, 0.3) is 0 Å². The third kappa shape index (κ3) is 3.67. The normalized spacial score (nSPS) is 22.3. The number of aliphatic hydroxyl groups excluding tert-OH is 1. The van der Waals surface area contributed by atoms with Crippen LogP contribution in [0.2, 0.25) is 0 Å². The zero-order valence-corrected chi connectivity index (χ0v) is 14.2. The van der Waals surface area contributed by atoms with E-state index < -0.39 is 0 Å². The lowest BCUT2D eigenvalue weighted by Gasteiger charge is -2.38. The number of thiophene rings is 1. The highest BCUT2D eigenvalue weighted by Crippen LogP contribution is 2.32. The number of aryl methyl sites for hydroxylation is 1. The van der Waals surface area contributed by atoms with Crippen LogP contribution < -0.4 is 5.32 Å². The fourth-order valence-electron chi connectivity index (χ4n) is 2.91. The van der Waals surface area contributed by atoms with Gasteiger partial charge in [-0.3, -0.25) is 9.69 Å². The highest BCUT2D eigenvalue weighted by molar-refractivity contribution is 7.16. The van der Waals surface area contributed by atoms with Crippen LogP contribution in [0.3, 0.4) is 0 Å². The first kappa shape index (κ1) is 16.9. The van der Waals surface area contributed by atoms with Gasteiger partial charge < -0.3 is 10.4 Å². The van der Waals surface area contributed by atoms with Crippen LogP contribution in [0, 0.1) is 30.6 Å². The Kier molecular flexibility index (Phi) is 5.22. The number of carbonyl (C=O) groups excluding carboxylic acids is 1. The molecular formula is C16H23N3O2S. The largest absolute Gasteiger partial charge is 0.396 e. The number of aliphatic hydroxyl groups is 1. The molecule has 120 valence electrons. The molecule has 6 heteroatoms. The van der Waals surface area contributed by atoms with Gasteiger partial charge in [0.15, 0.2) is 0 Å². The number of hydrogen-bond acceptors (Lipinski definition) is 5. The van der Waals surface area contributed by atoms with Gasteiger partial charge in [-0.05, 0) is 38.8 Å². The lowest BCUT2D eigenvalue weighted by atomic mass is 9.83. The third-order valence-electron chi connectivity index (χ3n) is 4.36. The van der Waals surface area contributed by atoms with Gasteiger partial charge in [0.05, 0.1) is 12.1 Å². The molecule has 0 saturated carbocycles. The van der Waals surface area contributed by atoms with Crippen molar-refractivity contribution in [1.82, 2.24) is 4.90 Å². The van der Waals surface area contributed by atoms with Crippen molar-refractivity contribution >= 4 is 22.2 Å². The first-order valence-corrected chi connectivity index (χ1v) is 8.33. The fraction of sp³-hybridized carbons (Fsp3) is 0.625. The van der Waals surface area contributed by atoms with Crippen LogP contribution in [0.4, 0.5) is 5.00 Å². The second-order valence-corrected chi connectivity index (χ2v) is 7.66. The molecule has 22 heavy (non-hydrogen) atoms. The van der Waals surface area contributed by atoms with E-state index in [1.54, 1.807) is 0 Å². The van der Waals surface area contributed by atoms with E-state index in [1.165, 1.54) is 11.3 Å². The van der Waals surface area contributed by atoms with Crippen molar-refractivity contribution in [3.63, 3.8) is 0 Å². The fourth-order valence-corrected chi connectivity index (χ4v) is 3.94. The van der Waals surface area contributed by atoms with Gasteiger partial charge in [-0.1, -0.05) is 6.92 Å². The average Bonchev–Trinajstić information content (AvgIpc) is 2.73. The molecule has 5 nitrogen and oxygen atoms in total. The summed E-state index contributed by atoms with van der Waals surface area (Å²) in [5.41, 5.74) is 1.38. The predicted molar refractivity (Wildman–Crippen MR) is 88.0 cm³/mol. The quantitative estimate of drug-likeness (QED) is 0.892. The molecular weight excluding hydrogens is 298 g/mol. The van der Waals surface area contributed by atoms with E-state index in [2.05, 4.69) is 23.2 Å². The van der Waals surface area contributed by atoms with Crippen LogP contribution in [0.25, 0.3) is 0 Å². The van der Waals surface area contributed by atoms with Crippen LogP contribution in [0.15, 0.2) is 0 Å². The number of hydrogen-bond donors (Lipinski definition) is 2. The minimum Gasteiger partial charge on any atom is -0.396 e. The van der Waals surface area contributed by atoms with E-state index in [0.717, 1.165) is 36.4 Å². The molecule has 2 heterocycles. The molecule has 1 unspecified atom stereocenters. The van der Waals surface area contributed by atoms with E-state index in [4.69, 9.17) is 0 Å². The van der Waals surface area contributed by atoms with E-state index in [0.29, 0.717) is 17.1 Å². The second-order valence-electron chi connectivity index (χ2n) is 6.43. The first-order chi connectivity index (χ1) is 10.4. The molecule has 0 aromatic carbocycles. The van der Waals surface area contributed by atoms with Gasteiger partial charge in [0.2, 0.25) is 5.91 Å². The molecule has 0 spiro atoms. The maximum atomic E-state index is 12.3. The number of nitriles is 1. The summed E-state index contributed by atoms with van der Waals surface area (Å²) >= 11 is 1.45. The van der Waals surface area contributed by atoms with Crippen LogP contribution >= 0.6 is 11.3 Å². The Labute approximate surface area is 135 Å². The number of rotatable bonds is 4. The van der Waals surface area contributed by atoms with E-state index >= 15 is 0 Å². The Morgan fingerprint density at radius 2 is 2.27 bits per heavy atom. The number of anilines is 1. The highest BCUT2D eigenvalue weighted by Gasteiger charge is 2.31. The maximum absolute atomic E-state index is 12.3. The van der Waals surface area contributed by atoms with Gasteiger partial charge in [0.1, 0.15) is 11.1 Å². The minimum absolute atomic E-state index is 0.0973. The maximum Gasteiger partial charge on any atom is 0.239 e. The van der Waals surface area contributed by atoms with Gasteiger partial charge in [-0.15, -0.1) is 11.3 Å². The monoisotopic (exact) mass is 321 g/mol. The third-order valence-corrected chi connectivity index (χ3v) is 5.48. The van der Waals surface area contributed by atoms with Crippen LogP contribution in [-0.2, 0) is 4.79 Å². The molecule has 1 aromatic rings. The number of nitrogens with one attached hydrogen (secondary N) is 1. The Hall–Kier alpha value is -1.42. The zero-order chi connectivity index (χ0) is 16.3. The lowest BCUT2D eigenvalue weighted by Crippen LogP contribution is -2.46. The zero-order valence-electron chi connectivity index (χ0n) is 13.4. The number of piperidine rings is 1. The second kappa shape index (κ2) is 6.78. The predicted octanol–water partition coefficient (Wildman–Crippen LogP) is 2.27. The summed E-state index contributed by atoms with van der Waals surface area (Å²) in [7, 11) is 0. The Morgan fingerprint density at radius 3 is 2.91 bits per heavy atom. The smallest absolute Gasteiger partial charge is 0.239 e. The molecule has 0 aliphatic carbocycles. The van der Waals surface area contributed by atoms with Gasteiger partial charge in [0, 0.05) is 23.4 Å². The summed E-state index contributed by atoms with van der Waals surface area (Å²) < 4.78 is 0. The van der Waals surface area contributed by atoms with Crippen molar-refractivity contribution in [3.8, 4) is 6.07 Å². The molecule has 1 fully saturated rings. The summed E-state index contributed by atoms with van der Waals surface area (Å²) in [5, 5.41) is 22.2. The average molecular weight is 321 g/mol. The van der Waals surface area contributed by atoms with Gasteiger partial charge >= 0.3 is 0 Å². The van der Waals surface area contributed by atoms with E-state index in [1.807, 2.05) is 13.8 Å². The molecule has 1 amide bonds. The van der Waals surface area contributed by atoms with E-state index in [-0.39, 0.29) is 17.9 Å². The Balaban J connectivity index is 1.99. The van der Waals surface area contributed by atoms with Gasteiger partial charge in [-0.25, -0.2) is 0 Å². The summed E-state index contributed by atoms with van der Waals surface area (Å²) in [4.78, 5) is 15.4. The molecule has 0 radical (unpaired) electrons. The summed E-state index contributed by atoms with van der Waals surface area (Å²) in [6, 6.07) is 2.16. The summed E-state index contributed by atoms with van der Waals surface area (Å²) in [6.45, 7) is 7.95. The molecule has 2 rings (SSSR count). The molecule has 2 N–H and O–H groups in total. The molecule has 0 bridgehead atoms. The Bertz CT molecular complexity index is 605. The number of carbonyl (C=O) groups is 1. The molecule has 1 saturated heterocycles. The summed E-state index contributed by atoms with van der Waals surface area (Å²) in [5.74, 6) is -0.0973. The van der Waals surface area contributed by atoms with Crippen LogP contribution in [-0.4, -0.2) is 42.2 Å². The highest BCUT2D eigenvalue weighted by atomic mass is 32.1. The van der Waals surface area contributed by atoms with Crippen molar-refractivity contribution in [3.05, 3.63) is 16.0 Å². The number of nitrogens with zero attached hydrogens (tertiary/aromatic N) is 2. The SMILES string of the molecule is Cc1sc(NC(=O)CN2CCCC(C)(CO)C2)c(C#N)c1C. The standard InChI is InChI=1S/C16H23N3O2S/c1-11-12(2)22-15(13(11)7-17)18-14(21)8-19-6-4-5-16(3,9-19)10-20/h20H,4-6,8-10H2,1-3H3,(H,18,21). The van der Waals surface area contributed by atoms with Crippen molar-refractivity contribution in [2.75, 3.05) is 31.6 Å². The number of likely N-dealkylation sites (tertiary alicyclic amines) is 1. The topological polar surface area (TPSA) is 76.4 Å². The van der Waals surface area contributed by atoms with Crippen molar-refractivity contribution in [1.29, 1.82) is 5.26 Å². The van der Waals surface area contributed by atoms with Crippen LogP contribution in [0.5, 0.6) is 0 Å². The lowest BCUT2D eigenvalue weighted by molar-refractivity contribution is -0.118. The van der Waals surface area contributed by atoms with Crippen LogP contribution in [0.1, 0.15) is 35.8 Å². The Morgan fingerprint density at radius 1 is 1.55 bits per heavy atom. The minimum atomic E-state index is -0.119. The number of amides is 1. The molecule has 1 atom stereocenters. The van der Waals surface area contributed by atoms with Crippen molar-refractivity contribution in [2.45, 2.75) is 33.6 Å². The van der Waals surface area contributed by atoms with Crippen molar-refractivity contribution < 1.29 is 9.90 Å². The molecule has 1 aromatic heterocycles. The van der Waals surface area contributed by atoms with E-state index in [9.17, 15) is 15.2 Å². The van der Waals surface area contributed by atoms with Crippen molar-refractivity contribution in [2.24, 2.45) is 5.41 Å². The summed E-state index contributed by atoms with van der Waals surface area (Å²) in [6.07, 6.45) is 1.98.